The molecule has 0 bridgehead atoms. The Labute approximate surface area is 123 Å². The zero-order chi connectivity index (χ0) is 14.2. The lowest BCUT2D eigenvalue weighted by atomic mass is 9.93. The first-order valence-corrected chi connectivity index (χ1v) is 9.39. The van der Waals surface area contributed by atoms with Crippen LogP contribution in [-0.2, 0) is 14.6 Å². The van der Waals surface area contributed by atoms with Gasteiger partial charge in [0.1, 0.15) is 0 Å². The van der Waals surface area contributed by atoms with Gasteiger partial charge < -0.3 is 10.5 Å². The third-order valence-electron chi connectivity index (χ3n) is 4.07. The lowest BCUT2D eigenvalue weighted by Crippen LogP contribution is -2.44. The van der Waals surface area contributed by atoms with Crippen molar-refractivity contribution >= 4 is 27.3 Å². The van der Waals surface area contributed by atoms with Crippen LogP contribution in [0.4, 0.5) is 5.69 Å². The average molecular weight is 314 g/mol. The van der Waals surface area contributed by atoms with E-state index >= 15 is 0 Å². The molecule has 0 radical (unpaired) electrons. The van der Waals surface area contributed by atoms with Crippen molar-refractivity contribution in [3.05, 3.63) is 18.5 Å². The number of aromatic nitrogens is 1. The summed E-state index contributed by atoms with van der Waals surface area (Å²) in [6, 6.07) is 1.50. The molecule has 20 heavy (non-hydrogen) atoms. The van der Waals surface area contributed by atoms with Crippen LogP contribution in [0.15, 0.2) is 23.4 Å². The largest absolute Gasteiger partial charge is 0.396 e. The minimum absolute atomic E-state index is 0.209. The Hall–Kier alpha value is -0.790. The van der Waals surface area contributed by atoms with E-state index in [1.54, 1.807) is 0 Å². The van der Waals surface area contributed by atoms with Crippen LogP contribution < -0.4 is 5.73 Å². The Morgan fingerprint density at radius 2 is 2.35 bits per heavy atom. The molecule has 2 N–H and O–H groups in total. The highest BCUT2D eigenvalue weighted by Gasteiger charge is 2.45. The van der Waals surface area contributed by atoms with E-state index in [9.17, 15) is 8.42 Å². The molecule has 7 heteroatoms. The zero-order valence-corrected chi connectivity index (χ0v) is 12.8. The van der Waals surface area contributed by atoms with Crippen LogP contribution in [0.5, 0.6) is 0 Å². The molecule has 2 fully saturated rings. The highest BCUT2D eigenvalue weighted by atomic mass is 32.2. The normalized spacial score (nSPS) is 30.7. The van der Waals surface area contributed by atoms with Crippen LogP contribution in [0, 0.1) is 0 Å². The van der Waals surface area contributed by atoms with Crippen LogP contribution >= 0.6 is 11.8 Å². The van der Waals surface area contributed by atoms with Crippen molar-refractivity contribution in [1.82, 2.24) is 4.98 Å². The number of rotatable bonds is 2. The van der Waals surface area contributed by atoms with Crippen molar-refractivity contribution in [3.8, 4) is 0 Å². The van der Waals surface area contributed by atoms with Gasteiger partial charge in [0, 0.05) is 18.6 Å². The van der Waals surface area contributed by atoms with Gasteiger partial charge in [-0.3, -0.25) is 4.98 Å². The molecular formula is C13H18N2O3S2. The summed E-state index contributed by atoms with van der Waals surface area (Å²) in [5, 5.41) is -0.403. The zero-order valence-electron chi connectivity index (χ0n) is 11.1. The van der Waals surface area contributed by atoms with Crippen molar-refractivity contribution < 1.29 is 13.2 Å². The number of pyridine rings is 1. The van der Waals surface area contributed by atoms with Gasteiger partial charge in [0.15, 0.2) is 9.84 Å². The Morgan fingerprint density at radius 1 is 1.50 bits per heavy atom. The fourth-order valence-electron chi connectivity index (χ4n) is 2.94. The minimum atomic E-state index is -3.41. The summed E-state index contributed by atoms with van der Waals surface area (Å²) < 4.78 is 31.4. The molecule has 0 saturated carbocycles. The minimum Gasteiger partial charge on any atom is -0.396 e. The van der Waals surface area contributed by atoms with Crippen LogP contribution in [0.2, 0.25) is 0 Å². The van der Waals surface area contributed by atoms with Gasteiger partial charge in [-0.25, -0.2) is 8.42 Å². The van der Waals surface area contributed by atoms with Gasteiger partial charge in [-0.2, -0.15) is 11.8 Å². The van der Waals surface area contributed by atoms with Gasteiger partial charge in [-0.1, -0.05) is 0 Å². The quantitative estimate of drug-likeness (QED) is 0.890. The molecule has 3 heterocycles. The van der Waals surface area contributed by atoms with Crippen LogP contribution in [-0.4, -0.2) is 42.4 Å². The van der Waals surface area contributed by atoms with Crippen LogP contribution in [0.3, 0.4) is 0 Å². The number of thioether (sulfide) groups is 1. The second kappa shape index (κ2) is 5.20. The topological polar surface area (TPSA) is 82.3 Å². The highest BCUT2D eigenvalue weighted by Crippen LogP contribution is 2.41. The molecule has 2 unspecified atom stereocenters. The van der Waals surface area contributed by atoms with E-state index in [0.29, 0.717) is 19.4 Å². The number of nitrogens with zero attached hydrogens (tertiary/aromatic N) is 1. The van der Waals surface area contributed by atoms with E-state index < -0.39 is 15.1 Å². The van der Waals surface area contributed by atoms with E-state index in [1.807, 2.05) is 11.8 Å². The molecule has 2 atom stereocenters. The van der Waals surface area contributed by atoms with Crippen molar-refractivity contribution in [1.29, 1.82) is 0 Å². The standard InChI is InChI=1S/C13H18N2O3S2/c14-11-8-15-4-1-12(11)20(16,17)10-2-5-18-13(7-10)3-6-19-9-13/h1,4,8,10H,2-3,5-7,9,14H2. The van der Waals surface area contributed by atoms with E-state index in [2.05, 4.69) is 4.98 Å². The van der Waals surface area contributed by atoms with Crippen molar-refractivity contribution in [2.75, 3.05) is 23.8 Å². The predicted molar refractivity (Wildman–Crippen MR) is 79.5 cm³/mol. The molecule has 1 aromatic rings. The maximum Gasteiger partial charge on any atom is 0.183 e. The lowest BCUT2D eigenvalue weighted by Gasteiger charge is -2.37. The van der Waals surface area contributed by atoms with Gasteiger partial charge in [0.05, 0.1) is 27.6 Å². The molecule has 5 nitrogen and oxygen atoms in total. The average Bonchev–Trinajstić information content (AvgIpc) is 2.87. The van der Waals surface area contributed by atoms with Crippen molar-refractivity contribution in [3.63, 3.8) is 0 Å². The van der Waals surface area contributed by atoms with Gasteiger partial charge in [-0.05, 0) is 31.1 Å². The second-order valence-corrected chi connectivity index (χ2v) is 8.71. The molecule has 3 rings (SSSR count). The van der Waals surface area contributed by atoms with Crippen LogP contribution in [0.1, 0.15) is 19.3 Å². The van der Waals surface area contributed by atoms with Gasteiger partial charge in [0.2, 0.25) is 0 Å². The summed E-state index contributed by atoms with van der Waals surface area (Å²) in [5.74, 6) is 1.94. The number of sulfone groups is 1. The molecule has 2 aliphatic rings. The van der Waals surface area contributed by atoms with Gasteiger partial charge in [0.25, 0.3) is 0 Å². The smallest absolute Gasteiger partial charge is 0.183 e. The number of nitrogen functional groups attached to an aromatic ring is 1. The maximum absolute atomic E-state index is 12.8. The Kier molecular flexibility index (Phi) is 3.68. The molecule has 2 aliphatic heterocycles. The molecule has 2 saturated heterocycles. The Balaban J connectivity index is 1.90. The Bertz CT molecular complexity index is 597. The van der Waals surface area contributed by atoms with Crippen molar-refractivity contribution in [2.24, 2.45) is 0 Å². The number of hydrogen-bond acceptors (Lipinski definition) is 6. The number of hydrogen-bond donors (Lipinski definition) is 1. The molecule has 1 aromatic heterocycles. The summed E-state index contributed by atoms with van der Waals surface area (Å²) in [7, 11) is -3.41. The van der Waals surface area contributed by atoms with E-state index in [-0.39, 0.29) is 16.2 Å². The van der Waals surface area contributed by atoms with E-state index in [0.717, 1.165) is 17.9 Å². The third kappa shape index (κ3) is 2.42. The molecule has 0 aliphatic carbocycles. The fourth-order valence-corrected chi connectivity index (χ4v) is 6.24. The highest BCUT2D eigenvalue weighted by molar-refractivity contribution is 7.99. The number of ether oxygens (including phenoxy) is 1. The summed E-state index contributed by atoms with van der Waals surface area (Å²) in [6.07, 6.45) is 4.92. The third-order valence-corrected chi connectivity index (χ3v) is 7.56. The summed E-state index contributed by atoms with van der Waals surface area (Å²) in [5.41, 5.74) is 5.76. The first-order valence-electron chi connectivity index (χ1n) is 6.69. The summed E-state index contributed by atoms with van der Waals surface area (Å²) in [4.78, 5) is 4.07. The van der Waals surface area contributed by atoms with Gasteiger partial charge in [-0.15, -0.1) is 0 Å². The molecule has 1 spiro atoms. The number of anilines is 1. The first kappa shape index (κ1) is 14.2. The Morgan fingerprint density at radius 3 is 3.05 bits per heavy atom. The molecular weight excluding hydrogens is 296 g/mol. The van der Waals surface area contributed by atoms with E-state index in [4.69, 9.17) is 10.5 Å². The number of nitrogens with two attached hydrogens (primary N) is 1. The molecule has 0 aromatic carbocycles. The summed E-state index contributed by atoms with van der Waals surface area (Å²) in [6.45, 7) is 0.509. The monoisotopic (exact) mass is 314 g/mol. The first-order chi connectivity index (χ1) is 9.54. The second-order valence-electron chi connectivity index (χ2n) is 5.41. The molecule has 110 valence electrons. The summed E-state index contributed by atoms with van der Waals surface area (Å²) >= 11 is 1.84. The SMILES string of the molecule is Nc1cnccc1S(=O)(=O)C1CCOC2(CCSC2)C1. The van der Waals surface area contributed by atoms with E-state index in [1.165, 1.54) is 18.5 Å². The fraction of sp³-hybridized carbons (Fsp3) is 0.615. The van der Waals surface area contributed by atoms with Crippen LogP contribution in [0.25, 0.3) is 0 Å². The molecule has 0 amide bonds. The predicted octanol–water partition coefficient (Wildman–Crippen LogP) is 1.49. The maximum atomic E-state index is 12.8. The lowest BCUT2D eigenvalue weighted by molar-refractivity contribution is -0.0572. The van der Waals surface area contributed by atoms with Gasteiger partial charge >= 0.3 is 0 Å². The van der Waals surface area contributed by atoms with Crippen molar-refractivity contribution in [2.45, 2.75) is 35.0 Å².